The van der Waals surface area contributed by atoms with Crippen molar-refractivity contribution in [1.29, 1.82) is 0 Å². The van der Waals surface area contributed by atoms with Gasteiger partial charge in [-0.05, 0) is 30.4 Å². The summed E-state index contributed by atoms with van der Waals surface area (Å²) in [4.78, 5) is 22.3. The van der Waals surface area contributed by atoms with Gasteiger partial charge < -0.3 is 10.4 Å². The van der Waals surface area contributed by atoms with Crippen LogP contribution >= 0.6 is 0 Å². The van der Waals surface area contributed by atoms with Crippen LogP contribution in [0.5, 0.6) is 0 Å². The number of amides is 1. The van der Waals surface area contributed by atoms with Crippen LogP contribution in [-0.2, 0) is 0 Å². The maximum Gasteiger partial charge on any atom is 0.270 e. The Balaban J connectivity index is 2.80. The Morgan fingerprint density at radius 2 is 2.05 bits per heavy atom. The summed E-state index contributed by atoms with van der Waals surface area (Å²) in [6.45, 7) is 6.02. The molecule has 1 aromatic rings. The van der Waals surface area contributed by atoms with Crippen molar-refractivity contribution in [3.05, 3.63) is 39.4 Å². The van der Waals surface area contributed by atoms with Crippen molar-refractivity contribution in [3.8, 4) is 0 Å². The molecule has 0 aliphatic carbocycles. The Morgan fingerprint density at radius 3 is 2.60 bits per heavy atom. The fourth-order valence-electron chi connectivity index (χ4n) is 1.81. The van der Waals surface area contributed by atoms with Crippen molar-refractivity contribution in [2.75, 3.05) is 13.2 Å². The normalized spacial score (nSPS) is 11.2. The van der Waals surface area contributed by atoms with E-state index in [1.807, 2.05) is 13.8 Å². The highest BCUT2D eigenvalue weighted by Gasteiger charge is 2.19. The molecule has 0 radical (unpaired) electrons. The summed E-state index contributed by atoms with van der Waals surface area (Å²) >= 11 is 0. The topological polar surface area (TPSA) is 92.5 Å². The van der Waals surface area contributed by atoms with E-state index in [9.17, 15) is 14.9 Å². The van der Waals surface area contributed by atoms with Crippen molar-refractivity contribution in [3.63, 3.8) is 0 Å². The molecule has 0 bridgehead atoms. The number of nitro benzene ring substituents is 1. The van der Waals surface area contributed by atoms with Crippen molar-refractivity contribution >= 4 is 11.6 Å². The average Bonchev–Trinajstić information content (AvgIpc) is 2.35. The molecule has 20 heavy (non-hydrogen) atoms. The molecule has 0 aliphatic rings. The zero-order valence-corrected chi connectivity index (χ0v) is 12.0. The molecular weight excluding hydrogens is 260 g/mol. The maximum absolute atomic E-state index is 12.0. The monoisotopic (exact) mass is 280 g/mol. The first-order chi connectivity index (χ1) is 9.25. The molecule has 1 amide bonds. The van der Waals surface area contributed by atoms with Crippen LogP contribution in [0, 0.1) is 22.5 Å². The van der Waals surface area contributed by atoms with E-state index in [0.717, 1.165) is 0 Å². The van der Waals surface area contributed by atoms with Crippen LogP contribution in [0.3, 0.4) is 0 Å². The second-order valence-corrected chi connectivity index (χ2v) is 5.63. The highest BCUT2D eigenvalue weighted by Crippen LogP contribution is 2.19. The minimum Gasteiger partial charge on any atom is -0.396 e. The number of nitrogens with one attached hydrogen (secondary N) is 1. The van der Waals surface area contributed by atoms with Gasteiger partial charge in [-0.3, -0.25) is 14.9 Å². The van der Waals surface area contributed by atoms with Crippen LogP contribution in [-0.4, -0.2) is 29.1 Å². The lowest BCUT2D eigenvalue weighted by Crippen LogP contribution is -2.34. The van der Waals surface area contributed by atoms with Crippen molar-refractivity contribution in [2.45, 2.75) is 27.2 Å². The third-order valence-corrected chi connectivity index (χ3v) is 3.05. The largest absolute Gasteiger partial charge is 0.396 e. The number of aliphatic hydroxyl groups excluding tert-OH is 1. The van der Waals surface area contributed by atoms with Crippen LogP contribution in [0.15, 0.2) is 18.2 Å². The quantitative estimate of drug-likeness (QED) is 0.616. The van der Waals surface area contributed by atoms with E-state index < -0.39 is 4.92 Å². The van der Waals surface area contributed by atoms with Crippen LogP contribution in [0.2, 0.25) is 0 Å². The molecule has 6 nitrogen and oxygen atoms in total. The third kappa shape index (κ3) is 4.62. The summed E-state index contributed by atoms with van der Waals surface area (Å²) in [5, 5.41) is 22.5. The highest BCUT2D eigenvalue weighted by atomic mass is 16.6. The zero-order valence-electron chi connectivity index (χ0n) is 12.0. The van der Waals surface area contributed by atoms with E-state index in [1.165, 1.54) is 12.1 Å². The number of non-ortho nitro benzene ring substituents is 1. The van der Waals surface area contributed by atoms with Crippen molar-refractivity contribution in [2.24, 2.45) is 5.41 Å². The Morgan fingerprint density at radius 1 is 1.40 bits per heavy atom. The molecule has 6 heteroatoms. The van der Waals surface area contributed by atoms with Crippen molar-refractivity contribution < 1.29 is 14.8 Å². The molecule has 0 aromatic heterocycles. The molecule has 0 aliphatic heterocycles. The first kappa shape index (κ1) is 16.1. The lowest BCUT2D eigenvalue weighted by molar-refractivity contribution is -0.384. The van der Waals surface area contributed by atoms with Gasteiger partial charge in [-0.2, -0.15) is 0 Å². The summed E-state index contributed by atoms with van der Waals surface area (Å²) in [6.07, 6.45) is 0.571. The molecule has 1 rings (SSSR count). The summed E-state index contributed by atoms with van der Waals surface area (Å²) in [7, 11) is 0. The third-order valence-electron chi connectivity index (χ3n) is 3.05. The smallest absolute Gasteiger partial charge is 0.270 e. The van der Waals surface area contributed by atoms with Crippen molar-refractivity contribution in [1.82, 2.24) is 5.32 Å². The van der Waals surface area contributed by atoms with Gasteiger partial charge in [-0.1, -0.05) is 13.8 Å². The standard InChI is InChI=1S/C14H20N2O4/c1-10-6-11(8-12(7-10)16(19)20)13(18)15-9-14(2,3)4-5-17/h6-8,17H,4-5,9H2,1-3H3,(H,15,18). The van der Waals surface area contributed by atoms with Gasteiger partial charge >= 0.3 is 0 Å². The van der Waals surface area contributed by atoms with Gasteiger partial charge in [0, 0.05) is 30.8 Å². The van der Waals surface area contributed by atoms with Gasteiger partial charge in [-0.15, -0.1) is 0 Å². The zero-order chi connectivity index (χ0) is 15.3. The SMILES string of the molecule is Cc1cc(C(=O)NCC(C)(C)CCO)cc([N+](=O)[O-])c1. The number of rotatable bonds is 6. The summed E-state index contributed by atoms with van der Waals surface area (Å²) < 4.78 is 0. The maximum atomic E-state index is 12.0. The predicted molar refractivity (Wildman–Crippen MR) is 75.7 cm³/mol. The van der Waals surface area contributed by atoms with Gasteiger partial charge in [0.05, 0.1) is 4.92 Å². The Labute approximate surface area is 118 Å². The Hall–Kier alpha value is -1.95. The number of aryl methyl sites for hydroxylation is 1. The number of benzene rings is 1. The number of carbonyl (C=O) groups excluding carboxylic acids is 1. The summed E-state index contributed by atoms with van der Waals surface area (Å²) in [6, 6.07) is 4.30. The number of hydrogen-bond acceptors (Lipinski definition) is 4. The molecule has 0 saturated heterocycles. The van der Waals surface area contributed by atoms with Gasteiger partial charge in [0.2, 0.25) is 0 Å². The number of nitrogens with zero attached hydrogens (tertiary/aromatic N) is 1. The number of nitro groups is 1. The molecule has 0 saturated carbocycles. The highest BCUT2D eigenvalue weighted by molar-refractivity contribution is 5.95. The molecule has 1 aromatic carbocycles. The molecule has 2 N–H and O–H groups in total. The Bertz CT molecular complexity index is 512. The molecule has 0 fully saturated rings. The summed E-state index contributed by atoms with van der Waals surface area (Å²) in [5.41, 5.74) is 0.625. The molecule has 0 spiro atoms. The molecule has 0 unspecified atom stereocenters. The summed E-state index contributed by atoms with van der Waals surface area (Å²) in [5.74, 6) is -0.345. The minimum atomic E-state index is -0.514. The fraction of sp³-hybridized carbons (Fsp3) is 0.500. The van der Waals surface area contributed by atoms with Gasteiger partial charge in [0.25, 0.3) is 11.6 Å². The minimum absolute atomic E-state index is 0.0544. The number of carbonyl (C=O) groups is 1. The van der Waals surface area contributed by atoms with Crippen LogP contribution < -0.4 is 5.32 Å². The Kier molecular flexibility index (Phi) is 5.21. The molecule has 110 valence electrons. The van der Waals surface area contributed by atoms with E-state index in [0.29, 0.717) is 18.5 Å². The first-order valence-corrected chi connectivity index (χ1v) is 6.40. The van der Waals surface area contributed by atoms with Gasteiger partial charge in [-0.25, -0.2) is 0 Å². The van der Waals surface area contributed by atoms with E-state index in [2.05, 4.69) is 5.32 Å². The van der Waals surface area contributed by atoms with E-state index >= 15 is 0 Å². The van der Waals surface area contributed by atoms with Crippen LogP contribution in [0.4, 0.5) is 5.69 Å². The van der Waals surface area contributed by atoms with E-state index in [1.54, 1.807) is 13.0 Å². The van der Waals surface area contributed by atoms with Crippen LogP contribution in [0.1, 0.15) is 36.2 Å². The molecular formula is C14H20N2O4. The molecule has 0 heterocycles. The van der Waals surface area contributed by atoms with Gasteiger partial charge in [0.1, 0.15) is 0 Å². The first-order valence-electron chi connectivity index (χ1n) is 6.40. The lowest BCUT2D eigenvalue weighted by Gasteiger charge is -2.23. The van der Waals surface area contributed by atoms with Gasteiger partial charge in [0.15, 0.2) is 0 Å². The predicted octanol–water partition coefficient (Wildman–Crippen LogP) is 2.04. The second-order valence-electron chi connectivity index (χ2n) is 5.63. The number of aliphatic hydroxyl groups is 1. The van der Waals surface area contributed by atoms with E-state index in [4.69, 9.17) is 5.11 Å². The number of hydrogen-bond donors (Lipinski definition) is 2. The van der Waals surface area contributed by atoms with E-state index in [-0.39, 0.29) is 29.2 Å². The molecule has 0 atom stereocenters. The second kappa shape index (κ2) is 6.47. The van der Waals surface area contributed by atoms with Crippen LogP contribution in [0.25, 0.3) is 0 Å². The fourth-order valence-corrected chi connectivity index (χ4v) is 1.81. The lowest BCUT2D eigenvalue weighted by atomic mass is 9.89. The average molecular weight is 280 g/mol.